The second-order valence-corrected chi connectivity index (χ2v) is 6.19. The number of H-pyrrole nitrogens is 1. The molecule has 20 heavy (non-hydrogen) atoms. The van der Waals surface area contributed by atoms with Gasteiger partial charge in [-0.1, -0.05) is 0 Å². The molecule has 110 valence electrons. The van der Waals surface area contributed by atoms with Crippen LogP contribution in [0.4, 0.5) is 4.79 Å². The van der Waals surface area contributed by atoms with Gasteiger partial charge >= 0.3 is 6.09 Å². The number of hydrogen-bond acceptors (Lipinski definition) is 4. The van der Waals surface area contributed by atoms with Gasteiger partial charge in [0.1, 0.15) is 11.4 Å². The third-order valence-electron chi connectivity index (χ3n) is 3.36. The molecule has 0 saturated carbocycles. The van der Waals surface area contributed by atoms with Gasteiger partial charge in [-0.25, -0.2) is 9.78 Å². The van der Waals surface area contributed by atoms with Gasteiger partial charge in [-0.15, -0.1) is 0 Å². The molecular weight excluding hydrogens is 258 g/mol. The SMILES string of the molecule is Cc1nc2c(c(=O)[nH]1)C(C)N(C(=O)OC(C)(C)C)C2C. The molecule has 0 spiro atoms. The van der Waals surface area contributed by atoms with Crippen molar-refractivity contribution < 1.29 is 9.53 Å². The third-order valence-corrected chi connectivity index (χ3v) is 3.36. The van der Waals surface area contributed by atoms with E-state index in [1.807, 2.05) is 34.6 Å². The predicted molar refractivity (Wildman–Crippen MR) is 74.5 cm³/mol. The molecule has 6 nitrogen and oxygen atoms in total. The summed E-state index contributed by atoms with van der Waals surface area (Å²) in [6.45, 7) is 10.9. The van der Waals surface area contributed by atoms with Crippen LogP contribution >= 0.6 is 0 Å². The number of aryl methyl sites for hydroxylation is 1. The van der Waals surface area contributed by atoms with Crippen molar-refractivity contribution in [2.75, 3.05) is 0 Å². The molecule has 1 aromatic heterocycles. The van der Waals surface area contributed by atoms with Crippen molar-refractivity contribution in [1.82, 2.24) is 14.9 Å². The Kier molecular flexibility index (Phi) is 3.36. The van der Waals surface area contributed by atoms with E-state index in [-0.39, 0.29) is 17.6 Å². The molecule has 2 rings (SSSR count). The molecule has 1 aliphatic rings. The Morgan fingerprint density at radius 1 is 1.30 bits per heavy atom. The average Bonchev–Trinajstić information content (AvgIpc) is 2.48. The highest BCUT2D eigenvalue weighted by molar-refractivity contribution is 5.70. The number of ether oxygens (including phenoxy) is 1. The average molecular weight is 279 g/mol. The number of nitrogens with one attached hydrogen (secondary N) is 1. The van der Waals surface area contributed by atoms with E-state index in [0.717, 1.165) is 0 Å². The van der Waals surface area contributed by atoms with Gasteiger partial charge in [0.2, 0.25) is 0 Å². The van der Waals surface area contributed by atoms with Crippen molar-refractivity contribution in [1.29, 1.82) is 0 Å². The van der Waals surface area contributed by atoms with Crippen molar-refractivity contribution in [3.8, 4) is 0 Å². The molecule has 0 fully saturated rings. The first-order valence-electron chi connectivity index (χ1n) is 6.74. The van der Waals surface area contributed by atoms with Crippen LogP contribution in [0.5, 0.6) is 0 Å². The van der Waals surface area contributed by atoms with Gasteiger partial charge in [0.25, 0.3) is 5.56 Å². The Labute approximate surface area is 118 Å². The maximum Gasteiger partial charge on any atom is 0.411 e. The number of hydrogen-bond donors (Lipinski definition) is 1. The third kappa shape index (κ3) is 2.42. The van der Waals surface area contributed by atoms with Gasteiger partial charge < -0.3 is 9.72 Å². The molecule has 0 saturated heterocycles. The summed E-state index contributed by atoms with van der Waals surface area (Å²) in [5, 5.41) is 0. The number of amides is 1. The van der Waals surface area contributed by atoms with Crippen LogP contribution in [-0.2, 0) is 4.74 Å². The van der Waals surface area contributed by atoms with E-state index in [1.54, 1.807) is 11.8 Å². The van der Waals surface area contributed by atoms with Crippen LogP contribution in [0.3, 0.4) is 0 Å². The number of nitrogens with zero attached hydrogens (tertiary/aromatic N) is 2. The van der Waals surface area contributed by atoms with Gasteiger partial charge in [-0.05, 0) is 41.5 Å². The number of carbonyl (C=O) groups excluding carboxylic acids is 1. The first-order chi connectivity index (χ1) is 9.11. The summed E-state index contributed by atoms with van der Waals surface area (Å²) >= 11 is 0. The van der Waals surface area contributed by atoms with Crippen LogP contribution in [0.15, 0.2) is 4.79 Å². The second kappa shape index (κ2) is 4.61. The van der Waals surface area contributed by atoms with Crippen LogP contribution in [0, 0.1) is 6.92 Å². The monoisotopic (exact) mass is 279 g/mol. The molecule has 1 aliphatic heterocycles. The summed E-state index contributed by atoms with van der Waals surface area (Å²) in [4.78, 5) is 33.0. The fourth-order valence-electron chi connectivity index (χ4n) is 2.58. The highest BCUT2D eigenvalue weighted by Crippen LogP contribution is 2.39. The van der Waals surface area contributed by atoms with Gasteiger partial charge in [0.05, 0.1) is 23.3 Å². The Balaban J connectivity index is 2.40. The van der Waals surface area contributed by atoms with Gasteiger partial charge in [0.15, 0.2) is 0 Å². The zero-order valence-corrected chi connectivity index (χ0v) is 12.8. The van der Waals surface area contributed by atoms with E-state index in [1.165, 1.54) is 0 Å². The van der Waals surface area contributed by atoms with Crippen molar-refractivity contribution in [3.05, 3.63) is 27.4 Å². The van der Waals surface area contributed by atoms with Crippen LogP contribution < -0.4 is 5.56 Å². The van der Waals surface area contributed by atoms with Crippen LogP contribution in [0.1, 0.15) is 63.8 Å². The summed E-state index contributed by atoms with van der Waals surface area (Å²) in [6.07, 6.45) is -0.424. The van der Waals surface area contributed by atoms with Crippen LogP contribution in [0.2, 0.25) is 0 Å². The Bertz CT molecular complexity index is 601. The number of aromatic nitrogens is 2. The predicted octanol–water partition coefficient (Wildman–Crippen LogP) is 2.45. The summed E-state index contributed by atoms with van der Waals surface area (Å²) in [7, 11) is 0. The van der Waals surface area contributed by atoms with Gasteiger partial charge in [-0.3, -0.25) is 9.69 Å². The van der Waals surface area contributed by atoms with Crippen molar-refractivity contribution in [2.24, 2.45) is 0 Å². The van der Waals surface area contributed by atoms with E-state index in [2.05, 4.69) is 9.97 Å². The molecular formula is C14H21N3O3. The number of rotatable bonds is 0. The first-order valence-corrected chi connectivity index (χ1v) is 6.74. The first kappa shape index (κ1) is 14.6. The molecule has 2 heterocycles. The molecule has 2 atom stereocenters. The molecule has 1 aromatic rings. The minimum atomic E-state index is -0.568. The lowest BCUT2D eigenvalue weighted by Crippen LogP contribution is -2.37. The van der Waals surface area contributed by atoms with Crippen molar-refractivity contribution in [2.45, 2.75) is 59.2 Å². The Hall–Kier alpha value is -1.85. The fraction of sp³-hybridized carbons (Fsp3) is 0.643. The summed E-state index contributed by atoms with van der Waals surface area (Å²) < 4.78 is 5.41. The Morgan fingerprint density at radius 3 is 2.45 bits per heavy atom. The minimum absolute atomic E-state index is 0.182. The van der Waals surface area contributed by atoms with Gasteiger partial charge in [0, 0.05) is 0 Å². The quantitative estimate of drug-likeness (QED) is 0.791. The molecule has 1 N–H and O–H groups in total. The minimum Gasteiger partial charge on any atom is -0.444 e. The molecule has 0 bridgehead atoms. The highest BCUT2D eigenvalue weighted by atomic mass is 16.6. The zero-order chi connectivity index (χ0) is 15.2. The fourth-order valence-corrected chi connectivity index (χ4v) is 2.58. The number of carbonyl (C=O) groups is 1. The summed E-state index contributed by atoms with van der Waals surface area (Å²) in [5.41, 5.74) is 0.456. The standard InChI is InChI=1S/C14H21N3O3/c1-7-10-11(15-9(3)16-12(10)18)8(2)17(7)13(19)20-14(4,5)6/h7-8H,1-6H3,(H,15,16,18). The molecule has 2 unspecified atom stereocenters. The summed E-state index contributed by atoms with van der Waals surface area (Å²) in [5.74, 6) is 0.554. The van der Waals surface area contributed by atoms with Gasteiger partial charge in [-0.2, -0.15) is 0 Å². The normalized spacial score (nSPS) is 21.8. The second-order valence-electron chi connectivity index (χ2n) is 6.19. The maximum atomic E-state index is 12.3. The molecule has 1 amide bonds. The van der Waals surface area contributed by atoms with E-state index in [0.29, 0.717) is 17.1 Å². The topological polar surface area (TPSA) is 75.3 Å². The number of aromatic amines is 1. The largest absolute Gasteiger partial charge is 0.444 e. The highest BCUT2D eigenvalue weighted by Gasteiger charge is 2.41. The Morgan fingerprint density at radius 2 is 1.90 bits per heavy atom. The van der Waals surface area contributed by atoms with Crippen LogP contribution in [-0.4, -0.2) is 26.6 Å². The van der Waals surface area contributed by atoms with Crippen molar-refractivity contribution in [3.63, 3.8) is 0 Å². The number of fused-ring (bicyclic) bond motifs is 1. The summed E-state index contributed by atoms with van der Waals surface area (Å²) in [6, 6.07) is -0.609. The van der Waals surface area contributed by atoms with E-state index < -0.39 is 11.7 Å². The maximum absolute atomic E-state index is 12.3. The molecule has 6 heteroatoms. The molecule has 0 aliphatic carbocycles. The van der Waals surface area contributed by atoms with E-state index in [9.17, 15) is 9.59 Å². The van der Waals surface area contributed by atoms with Crippen LogP contribution in [0.25, 0.3) is 0 Å². The molecule has 0 aromatic carbocycles. The molecule has 0 radical (unpaired) electrons. The smallest absolute Gasteiger partial charge is 0.411 e. The van der Waals surface area contributed by atoms with E-state index >= 15 is 0 Å². The lowest BCUT2D eigenvalue weighted by atomic mass is 10.1. The van der Waals surface area contributed by atoms with Crippen molar-refractivity contribution >= 4 is 6.09 Å². The lowest BCUT2D eigenvalue weighted by molar-refractivity contribution is 0.0123. The van der Waals surface area contributed by atoms with E-state index in [4.69, 9.17) is 4.74 Å². The zero-order valence-electron chi connectivity index (χ0n) is 12.8. The lowest BCUT2D eigenvalue weighted by Gasteiger charge is -2.29.